The van der Waals surface area contributed by atoms with Gasteiger partial charge in [-0.25, -0.2) is 0 Å². The number of hydrogen-bond acceptors (Lipinski definition) is 6. The SMILES string of the molecule is Cc1c(Cl)cccc1-c1noc(C2CCCN2C(=O)c2ccccc2-n2nccn2)n1. The summed E-state index contributed by atoms with van der Waals surface area (Å²) in [5, 5.41) is 13.1. The molecule has 31 heavy (non-hydrogen) atoms. The van der Waals surface area contributed by atoms with Gasteiger partial charge in [0.1, 0.15) is 6.04 Å². The van der Waals surface area contributed by atoms with Crippen molar-refractivity contribution in [2.24, 2.45) is 0 Å². The minimum Gasteiger partial charge on any atom is -0.337 e. The molecule has 1 amide bonds. The Morgan fingerprint density at radius 1 is 1.13 bits per heavy atom. The van der Waals surface area contributed by atoms with E-state index in [1.54, 1.807) is 23.4 Å². The third kappa shape index (κ3) is 3.48. The van der Waals surface area contributed by atoms with E-state index in [4.69, 9.17) is 16.1 Å². The third-order valence-corrected chi connectivity index (χ3v) is 5.93. The van der Waals surface area contributed by atoms with Crippen molar-refractivity contribution in [2.45, 2.75) is 25.8 Å². The lowest BCUT2D eigenvalue weighted by atomic mass is 10.1. The molecule has 0 radical (unpaired) electrons. The molecular formula is C22H19ClN6O2. The zero-order valence-corrected chi connectivity index (χ0v) is 17.5. The van der Waals surface area contributed by atoms with Crippen molar-refractivity contribution in [1.29, 1.82) is 0 Å². The van der Waals surface area contributed by atoms with Gasteiger partial charge >= 0.3 is 0 Å². The Kier molecular flexibility index (Phi) is 4.99. The third-order valence-electron chi connectivity index (χ3n) is 5.52. The summed E-state index contributed by atoms with van der Waals surface area (Å²) in [6.45, 7) is 2.53. The number of para-hydroxylation sites is 1. The van der Waals surface area contributed by atoms with Crippen LogP contribution in [0.3, 0.4) is 0 Å². The van der Waals surface area contributed by atoms with Crippen molar-refractivity contribution in [2.75, 3.05) is 6.54 Å². The summed E-state index contributed by atoms with van der Waals surface area (Å²) < 4.78 is 5.59. The number of halogens is 1. The van der Waals surface area contributed by atoms with E-state index < -0.39 is 0 Å². The number of rotatable bonds is 4. The highest BCUT2D eigenvalue weighted by molar-refractivity contribution is 6.31. The maximum absolute atomic E-state index is 13.5. The first-order valence-electron chi connectivity index (χ1n) is 9.99. The molecule has 8 nitrogen and oxygen atoms in total. The predicted molar refractivity (Wildman–Crippen MR) is 114 cm³/mol. The van der Waals surface area contributed by atoms with Crippen LogP contribution in [0.5, 0.6) is 0 Å². The molecule has 0 saturated carbocycles. The molecule has 3 heterocycles. The zero-order valence-electron chi connectivity index (χ0n) is 16.8. The molecular weight excluding hydrogens is 416 g/mol. The van der Waals surface area contributed by atoms with Crippen LogP contribution in [0.1, 0.15) is 40.7 Å². The van der Waals surface area contributed by atoms with Gasteiger partial charge in [-0.3, -0.25) is 4.79 Å². The highest BCUT2D eigenvalue weighted by Crippen LogP contribution is 2.35. The zero-order chi connectivity index (χ0) is 21.4. The van der Waals surface area contributed by atoms with E-state index in [2.05, 4.69) is 20.3 Å². The van der Waals surface area contributed by atoms with Crippen molar-refractivity contribution >= 4 is 17.5 Å². The number of aromatic nitrogens is 5. The van der Waals surface area contributed by atoms with Gasteiger partial charge in [-0.1, -0.05) is 41.0 Å². The molecule has 156 valence electrons. The van der Waals surface area contributed by atoms with Gasteiger partial charge in [0.15, 0.2) is 0 Å². The van der Waals surface area contributed by atoms with Crippen LogP contribution in [0.4, 0.5) is 0 Å². The maximum atomic E-state index is 13.5. The number of amides is 1. The normalized spacial score (nSPS) is 16.1. The second-order valence-electron chi connectivity index (χ2n) is 7.36. The molecule has 0 bridgehead atoms. The standard InChI is InChI=1S/C22H19ClN6O2/c1-14-15(7-4-8-17(14)23)20-26-21(31-27-20)19-10-5-13-28(19)22(30)16-6-2-3-9-18(16)29-24-11-12-25-29/h2-4,6-9,11-12,19H,5,10,13H2,1H3. The Bertz CT molecular complexity index is 1240. The number of benzene rings is 2. The second-order valence-corrected chi connectivity index (χ2v) is 7.77. The predicted octanol–water partition coefficient (Wildman–Crippen LogP) is 4.26. The number of likely N-dealkylation sites (tertiary alicyclic amines) is 1. The average Bonchev–Trinajstić information content (AvgIpc) is 3.55. The Morgan fingerprint density at radius 2 is 1.94 bits per heavy atom. The molecule has 0 N–H and O–H groups in total. The summed E-state index contributed by atoms with van der Waals surface area (Å²) in [5.41, 5.74) is 2.85. The van der Waals surface area contributed by atoms with Crippen LogP contribution in [0.2, 0.25) is 5.02 Å². The molecule has 4 aromatic rings. The number of carbonyl (C=O) groups is 1. The van der Waals surface area contributed by atoms with Crippen LogP contribution < -0.4 is 0 Å². The topological polar surface area (TPSA) is 89.9 Å². The first-order valence-corrected chi connectivity index (χ1v) is 10.4. The average molecular weight is 435 g/mol. The van der Waals surface area contributed by atoms with Crippen molar-refractivity contribution in [1.82, 2.24) is 30.0 Å². The summed E-state index contributed by atoms with van der Waals surface area (Å²) in [6, 6.07) is 12.6. The number of nitrogens with zero attached hydrogens (tertiary/aromatic N) is 6. The molecule has 1 unspecified atom stereocenters. The lowest BCUT2D eigenvalue weighted by molar-refractivity contribution is 0.0709. The van der Waals surface area contributed by atoms with Crippen LogP contribution in [0, 0.1) is 6.92 Å². The van der Waals surface area contributed by atoms with Gasteiger partial charge in [-0.2, -0.15) is 20.0 Å². The first kappa shape index (κ1) is 19.4. The van der Waals surface area contributed by atoms with Gasteiger partial charge in [-0.05, 0) is 43.5 Å². The van der Waals surface area contributed by atoms with Gasteiger partial charge in [0.25, 0.3) is 5.91 Å². The van der Waals surface area contributed by atoms with Crippen molar-refractivity contribution in [3.8, 4) is 17.1 Å². The quantitative estimate of drug-likeness (QED) is 0.476. The Labute approximate surface area is 183 Å². The fraction of sp³-hybridized carbons (Fsp3) is 0.227. The minimum absolute atomic E-state index is 0.117. The molecule has 1 saturated heterocycles. The van der Waals surface area contributed by atoms with Crippen LogP contribution in [0.25, 0.3) is 17.1 Å². The molecule has 2 aromatic heterocycles. The van der Waals surface area contributed by atoms with E-state index in [1.165, 1.54) is 4.80 Å². The van der Waals surface area contributed by atoms with E-state index in [0.717, 1.165) is 24.0 Å². The Hall–Kier alpha value is -3.52. The highest BCUT2D eigenvalue weighted by Gasteiger charge is 2.35. The summed E-state index contributed by atoms with van der Waals surface area (Å²) in [4.78, 5) is 21.3. The fourth-order valence-corrected chi connectivity index (χ4v) is 4.09. The van der Waals surface area contributed by atoms with Gasteiger partial charge in [0.05, 0.1) is 23.6 Å². The van der Waals surface area contributed by atoms with Crippen molar-refractivity contribution in [3.63, 3.8) is 0 Å². The van der Waals surface area contributed by atoms with Crippen LogP contribution >= 0.6 is 11.6 Å². The van der Waals surface area contributed by atoms with Gasteiger partial charge in [-0.15, -0.1) is 0 Å². The van der Waals surface area contributed by atoms with Crippen LogP contribution in [-0.4, -0.2) is 42.5 Å². The highest BCUT2D eigenvalue weighted by atomic mass is 35.5. The van der Waals surface area contributed by atoms with Crippen molar-refractivity contribution in [3.05, 3.63) is 76.9 Å². The van der Waals surface area contributed by atoms with Gasteiger partial charge in [0, 0.05) is 17.1 Å². The molecule has 2 aromatic carbocycles. The first-order chi connectivity index (χ1) is 15.1. The minimum atomic E-state index is -0.285. The molecule has 1 aliphatic rings. The van der Waals surface area contributed by atoms with E-state index >= 15 is 0 Å². The molecule has 1 fully saturated rings. The molecule has 1 atom stereocenters. The smallest absolute Gasteiger partial charge is 0.256 e. The van der Waals surface area contributed by atoms with E-state index in [0.29, 0.717) is 34.5 Å². The summed E-state index contributed by atoms with van der Waals surface area (Å²) in [7, 11) is 0. The maximum Gasteiger partial charge on any atom is 0.256 e. The van der Waals surface area contributed by atoms with Crippen LogP contribution in [-0.2, 0) is 0 Å². The van der Waals surface area contributed by atoms with E-state index in [9.17, 15) is 4.79 Å². The molecule has 5 rings (SSSR count). The monoisotopic (exact) mass is 434 g/mol. The summed E-state index contributed by atoms with van der Waals surface area (Å²) in [5.74, 6) is 0.777. The van der Waals surface area contributed by atoms with Crippen LogP contribution in [0.15, 0.2) is 59.4 Å². The lowest BCUT2D eigenvalue weighted by Crippen LogP contribution is -2.31. The summed E-state index contributed by atoms with van der Waals surface area (Å²) in [6.07, 6.45) is 4.77. The van der Waals surface area contributed by atoms with Gasteiger partial charge < -0.3 is 9.42 Å². The lowest BCUT2D eigenvalue weighted by Gasteiger charge is -2.22. The Balaban J connectivity index is 1.46. The fourth-order valence-electron chi connectivity index (χ4n) is 3.92. The summed E-state index contributed by atoms with van der Waals surface area (Å²) >= 11 is 6.24. The largest absolute Gasteiger partial charge is 0.337 e. The van der Waals surface area contributed by atoms with E-state index in [-0.39, 0.29) is 11.9 Å². The molecule has 9 heteroatoms. The second kappa shape index (κ2) is 7.96. The van der Waals surface area contributed by atoms with E-state index in [1.807, 2.05) is 43.3 Å². The molecule has 0 aliphatic carbocycles. The van der Waals surface area contributed by atoms with Crippen molar-refractivity contribution < 1.29 is 9.32 Å². The number of carbonyl (C=O) groups excluding carboxylic acids is 1. The Morgan fingerprint density at radius 3 is 2.77 bits per heavy atom. The van der Waals surface area contributed by atoms with Gasteiger partial charge in [0.2, 0.25) is 11.7 Å². The molecule has 1 aliphatic heterocycles. The molecule has 0 spiro atoms. The number of hydrogen-bond donors (Lipinski definition) is 0.